The molecule has 0 saturated heterocycles. The number of aromatic nitrogens is 2. The van der Waals surface area contributed by atoms with Crippen LogP contribution >= 0.6 is 0 Å². The van der Waals surface area contributed by atoms with Crippen molar-refractivity contribution in [2.45, 2.75) is 13.5 Å². The van der Waals surface area contributed by atoms with E-state index in [0.717, 1.165) is 11.1 Å². The second kappa shape index (κ2) is 10.3. The summed E-state index contributed by atoms with van der Waals surface area (Å²) in [5, 5.41) is 15.4. The van der Waals surface area contributed by atoms with Gasteiger partial charge in [0.25, 0.3) is 11.2 Å². The van der Waals surface area contributed by atoms with E-state index in [-0.39, 0.29) is 23.8 Å². The molecule has 10 heteroatoms. The normalized spacial score (nSPS) is 11.0. The lowest BCUT2D eigenvalue weighted by atomic mass is 10.2. The first-order valence-corrected chi connectivity index (χ1v) is 10.4. The van der Waals surface area contributed by atoms with E-state index in [4.69, 9.17) is 9.47 Å². The Bertz CT molecular complexity index is 1400. The molecule has 10 nitrogen and oxygen atoms in total. The maximum absolute atomic E-state index is 12.1. The summed E-state index contributed by atoms with van der Waals surface area (Å²) in [7, 11) is 0. The molecule has 4 aromatic rings. The van der Waals surface area contributed by atoms with Crippen LogP contribution in [0.1, 0.15) is 18.1 Å². The van der Waals surface area contributed by atoms with Gasteiger partial charge in [0, 0.05) is 12.1 Å². The quantitative estimate of drug-likeness (QED) is 0.217. The number of fused-ring (bicyclic) bond motifs is 1. The highest BCUT2D eigenvalue weighted by Gasteiger charge is 2.08. The summed E-state index contributed by atoms with van der Waals surface area (Å²) in [6.45, 7) is 2.53. The molecule has 0 unspecified atom stereocenters. The highest BCUT2D eigenvalue weighted by molar-refractivity contribution is 5.82. The maximum atomic E-state index is 12.1. The molecule has 0 aliphatic heterocycles. The summed E-state index contributed by atoms with van der Waals surface area (Å²) in [6.07, 6.45) is 1.57. The number of anilines is 1. The molecule has 0 amide bonds. The molecule has 2 N–H and O–H groups in total. The minimum absolute atomic E-state index is 0.0268. The van der Waals surface area contributed by atoms with Crippen LogP contribution in [0, 0.1) is 10.1 Å². The molecule has 0 spiro atoms. The lowest BCUT2D eigenvalue weighted by molar-refractivity contribution is -0.384. The third-order valence-corrected chi connectivity index (χ3v) is 4.81. The largest absolute Gasteiger partial charge is 0.490 e. The van der Waals surface area contributed by atoms with E-state index in [2.05, 4.69) is 20.5 Å². The molecule has 0 radical (unpaired) electrons. The van der Waals surface area contributed by atoms with Gasteiger partial charge in [-0.2, -0.15) is 5.10 Å². The number of hydrazone groups is 1. The summed E-state index contributed by atoms with van der Waals surface area (Å²) in [5.41, 5.74) is 4.60. The number of aromatic amines is 1. The van der Waals surface area contributed by atoms with Crippen LogP contribution in [0.2, 0.25) is 0 Å². The molecule has 0 aliphatic rings. The van der Waals surface area contributed by atoms with E-state index >= 15 is 0 Å². The zero-order valence-corrected chi connectivity index (χ0v) is 18.2. The van der Waals surface area contributed by atoms with Crippen LogP contribution < -0.4 is 20.5 Å². The van der Waals surface area contributed by atoms with Gasteiger partial charge in [0.1, 0.15) is 6.61 Å². The molecule has 1 heterocycles. The molecular formula is C24H21N5O5. The molecule has 0 fully saturated rings. The topological polar surface area (TPSA) is 132 Å². The number of ether oxygens (including phenoxy) is 2. The van der Waals surface area contributed by atoms with Crippen LogP contribution in [0.3, 0.4) is 0 Å². The van der Waals surface area contributed by atoms with Crippen LogP contribution in [0.5, 0.6) is 11.5 Å². The zero-order chi connectivity index (χ0) is 23.9. The number of para-hydroxylation sites is 1. The van der Waals surface area contributed by atoms with Gasteiger partial charge in [-0.1, -0.05) is 12.1 Å². The van der Waals surface area contributed by atoms with Crippen molar-refractivity contribution >= 4 is 28.8 Å². The third kappa shape index (κ3) is 5.36. The Hall–Kier alpha value is -4.73. The van der Waals surface area contributed by atoms with E-state index in [1.54, 1.807) is 54.7 Å². The summed E-state index contributed by atoms with van der Waals surface area (Å²) in [4.78, 5) is 29.5. The Kier molecular flexibility index (Phi) is 6.78. The Morgan fingerprint density at radius 2 is 1.88 bits per heavy atom. The van der Waals surface area contributed by atoms with Crippen molar-refractivity contribution in [2.75, 3.05) is 12.0 Å². The lowest BCUT2D eigenvalue weighted by Gasteiger charge is -2.12. The summed E-state index contributed by atoms with van der Waals surface area (Å²) in [6, 6.07) is 18.5. The molecule has 1 aromatic heterocycles. The SMILES string of the molecule is CCOc1cc(/C=N/Nc2nc3ccccc3c(=O)[nH]2)ccc1OCc1ccc([N+](=O)[O-])cc1. The van der Waals surface area contributed by atoms with Gasteiger partial charge in [-0.3, -0.25) is 19.9 Å². The van der Waals surface area contributed by atoms with E-state index < -0.39 is 4.92 Å². The molecule has 0 aliphatic carbocycles. The van der Waals surface area contributed by atoms with Gasteiger partial charge in [0.15, 0.2) is 11.5 Å². The molecule has 0 atom stereocenters. The summed E-state index contributed by atoms with van der Waals surface area (Å²) < 4.78 is 11.5. The van der Waals surface area contributed by atoms with E-state index in [1.165, 1.54) is 12.1 Å². The Balaban J connectivity index is 1.44. The van der Waals surface area contributed by atoms with Crippen LogP contribution in [-0.4, -0.2) is 27.7 Å². The summed E-state index contributed by atoms with van der Waals surface area (Å²) in [5.74, 6) is 1.30. The van der Waals surface area contributed by atoms with Gasteiger partial charge in [-0.15, -0.1) is 0 Å². The first kappa shape index (κ1) is 22.5. The first-order chi connectivity index (χ1) is 16.5. The van der Waals surface area contributed by atoms with Gasteiger partial charge >= 0.3 is 0 Å². The number of nitro benzene ring substituents is 1. The lowest BCUT2D eigenvalue weighted by Crippen LogP contribution is -2.11. The second-order valence-corrected chi connectivity index (χ2v) is 7.15. The average Bonchev–Trinajstić information content (AvgIpc) is 2.84. The van der Waals surface area contributed by atoms with Crippen LogP contribution in [0.15, 0.2) is 76.6 Å². The minimum Gasteiger partial charge on any atom is -0.490 e. The molecule has 3 aromatic carbocycles. The van der Waals surface area contributed by atoms with Crippen LogP contribution in [0.4, 0.5) is 11.6 Å². The fraction of sp³-hybridized carbons (Fsp3) is 0.125. The highest BCUT2D eigenvalue weighted by atomic mass is 16.6. The van der Waals surface area contributed by atoms with E-state index in [9.17, 15) is 14.9 Å². The predicted octanol–water partition coefficient (Wildman–Crippen LogP) is 4.26. The zero-order valence-electron chi connectivity index (χ0n) is 18.2. The number of benzene rings is 3. The summed E-state index contributed by atoms with van der Waals surface area (Å²) >= 11 is 0. The van der Waals surface area contributed by atoms with Crippen molar-refractivity contribution in [3.05, 3.63) is 98.3 Å². The number of hydrogen-bond donors (Lipinski definition) is 2. The first-order valence-electron chi connectivity index (χ1n) is 10.4. The number of non-ortho nitro benzene ring substituents is 1. The second-order valence-electron chi connectivity index (χ2n) is 7.15. The molecule has 0 bridgehead atoms. The molecule has 4 rings (SSSR count). The predicted molar refractivity (Wildman–Crippen MR) is 129 cm³/mol. The molecule has 172 valence electrons. The van der Waals surface area contributed by atoms with Gasteiger partial charge in [-0.25, -0.2) is 10.4 Å². The third-order valence-electron chi connectivity index (χ3n) is 4.81. The Morgan fingerprint density at radius 1 is 1.09 bits per heavy atom. The fourth-order valence-electron chi connectivity index (χ4n) is 3.17. The smallest absolute Gasteiger partial charge is 0.269 e. The van der Waals surface area contributed by atoms with Gasteiger partial charge in [0.2, 0.25) is 5.95 Å². The van der Waals surface area contributed by atoms with Crippen LogP contribution in [0.25, 0.3) is 10.9 Å². The van der Waals surface area contributed by atoms with Crippen molar-refractivity contribution < 1.29 is 14.4 Å². The monoisotopic (exact) mass is 459 g/mol. The Morgan fingerprint density at radius 3 is 2.65 bits per heavy atom. The number of rotatable bonds is 9. The van der Waals surface area contributed by atoms with Crippen molar-refractivity contribution in [1.82, 2.24) is 9.97 Å². The van der Waals surface area contributed by atoms with Gasteiger partial charge in [0.05, 0.1) is 28.6 Å². The van der Waals surface area contributed by atoms with Crippen molar-refractivity contribution in [1.29, 1.82) is 0 Å². The number of nitrogens with one attached hydrogen (secondary N) is 2. The van der Waals surface area contributed by atoms with Crippen molar-refractivity contribution in [2.24, 2.45) is 5.10 Å². The maximum Gasteiger partial charge on any atom is 0.269 e. The standard InChI is InChI=1S/C24H21N5O5/c1-2-33-22-13-17(9-12-21(22)34-15-16-7-10-18(11-8-16)29(31)32)14-25-28-24-26-20-6-4-3-5-19(20)23(30)27-24/h3-14H,2,15H2,1H3,(H2,26,27,28,30)/b25-14+. The Labute approximate surface area is 194 Å². The molecular weight excluding hydrogens is 438 g/mol. The van der Waals surface area contributed by atoms with E-state index in [0.29, 0.717) is 29.0 Å². The van der Waals surface area contributed by atoms with Gasteiger partial charge in [-0.05, 0) is 60.5 Å². The van der Waals surface area contributed by atoms with Crippen LogP contribution in [-0.2, 0) is 6.61 Å². The van der Waals surface area contributed by atoms with Gasteiger partial charge < -0.3 is 9.47 Å². The van der Waals surface area contributed by atoms with E-state index in [1.807, 2.05) is 13.0 Å². The molecule has 0 saturated carbocycles. The van der Waals surface area contributed by atoms with Crippen molar-refractivity contribution in [3.63, 3.8) is 0 Å². The number of nitrogens with zero attached hydrogens (tertiary/aromatic N) is 3. The average molecular weight is 459 g/mol. The number of nitro groups is 1. The number of hydrogen-bond acceptors (Lipinski definition) is 8. The fourth-order valence-corrected chi connectivity index (χ4v) is 3.17. The molecule has 34 heavy (non-hydrogen) atoms. The van der Waals surface area contributed by atoms with Crippen molar-refractivity contribution in [3.8, 4) is 11.5 Å². The number of H-pyrrole nitrogens is 1. The highest BCUT2D eigenvalue weighted by Crippen LogP contribution is 2.29. The minimum atomic E-state index is -0.444.